The van der Waals surface area contributed by atoms with E-state index in [0.717, 1.165) is 36.8 Å². The fourth-order valence-corrected chi connectivity index (χ4v) is 6.37. The third-order valence-corrected chi connectivity index (χ3v) is 8.87. The van der Waals surface area contributed by atoms with Crippen molar-refractivity contribution in [2.75, 3.05) is 43.5 Å². The molecule has 1 fully saturated rings. The van der Waals surface area contributed by atoms with Gasteiger partial charge in [-0.05, 0) is 48.5 Å². The lowest BCUT2D eigenvalue weighted by Gasteiger charge is -2.30. The summed E-state index contributed by atoms with van der Waals surface area (Å²) in [4.78, 5) is 22.9. The first-order chi connectivity index (χ1) is 19.7. The van der Waals surface area contributed by atoms with E-state index in [1.165, 1.54) is 48.2 Å². The second-order valence-electron chi connectivity index (χ2n) is 9.27. The average molecular weight is 597 g/mol. The number of aromatic nitrogens is 4. The van der Waals surface area contributed by atoms with E-state index in [0.29, 0.717) is 33.9 Å². The number of nitro benzene ring substituents is 1. The Kier molecular flexibility index (Phi) is 8.37. The number of nitrogens with zero attached hydrogens (tertiary/aromatic N) is 5. The van der Waals surface area contributed by atoms with Crippen molar-refractivity contribution in [1.82, 2.24) is 25.5 Å². The molecule has 0 radical (unpaired) electrons. The van der Waals surface area contributed by atoms with E-state index < -0.39 is 14.8 Å². The van der Waals surface area contributed by atoms with Crippen molar-refractivity contribution in [2.45, 2.75) is 27.6 Å². The molecule has 3 heterocycles. The van der Waals surface area contributed by atoms with Crippen LogP contribution in [0.5, 0.6) is 5.75 Å². The minimum Gasteiger partial charge on any atom is -0.490 e. The second kappa shape index (κ2) is 12.1. The number of H-pyrrole nitrogens is 1. The summed E-state index contributed by atoms with van der Waals surface area (Å²) in [5.74, 6) is 1.94. The summed E-state index contributed by atoms with van der Waals surface area (Å²) < 4.78 is 31.7. The van der Waals surface area contributed by atoms with Gasteiger partial charge in [0.25, 0.3) is 5.69 Å². The summed E-state index contributed by atoms with van der Waals surface area (Å²) in [5, 5.41) is 25.0. The van der Waals surface area contributed by atoms with E-state index in [9.17, 15) is 18.5 Å². The lowest BCUT2D eigenvalue weighted by Crippen LogP contribution is -2.44. The van der Waals surface area contributed by atoms with Crippen molar-refractivity contribution >= 4 is 44.7 Å². The molecule has 15 heteroatoms. The number of hydrogen-bond acceptors (Lipinski definition) is 12. The van der Waals surface area contributed by atoms with Gasteiger partial charge in [0.15, 0.2) is 32.4 Å². The summed E-state index contributed by atoms with van der Waals surface area (Å²) in [6.07, 6.45) is 0. The number of aryl methyl sites for hydroxylation is 1. The maximum atomic E-state index is 13.0. The molecule has 0 atom stereocenters. The Morgan fingerprint density at radius 2 is 1.80 bits per heavy atom. The Morgan fingerprint density at radius 1 is 1.10 bits per heavy atom. The number of methoxy groups -OCH3 is 1. The number of sulfone groups is 1. The molecule has 0 bridgehead atoms. The highest BCUT2D eigenvalue weighted by Crippen LogP contribution is 2.38. The summed E-state index contributed by atoms with van der Waals surface area (Å²) >= 11 is 1.30. The molecule has 0 spiro atoms. The second-order valence-corrected chi connectivity index (χ2v) is 12.3. The molecular formula is C26H28N8O5S2. The number of nitrogens with one attached hydrogen (secondary N) is 3. The first-order valence-corrected chi connectivity index (χ1v) is 15.1. The van der Waals surface area contributed by atoms with E-state index in [-0.39, 0.29) is 16.3 Å². The fraction of sp³-hybridized carbons (Fsp3) is 0.269. The lowest BCUT2D eigenvalue weighted by atomic mass is 10.2. The molecule has 214 valence electrons. The SMILES string of the molecule is COc1c(Nc2cc(C)[nH]n2)nc(Sc2ccc(S(=O)(=O)Cc3ccc([N+](=O)[O-])cc3)cc2)nc1N1CCNCC1. The van der Waals surface area contributed by atoms with Crippen LogP contribution in [-0.2, 0) is 15.6 Å². The van der Waals surface area contributed by atoms with Gasteiger partial charge in [-0.15, -0.1) is 0 Å². The third kappa shape index (κ3) is 6.75. The van der Waals surface area contributed by atoms with E-state index >= 15 is 0 Å². The Hall–Kier alpha value is -4.21. The van der Waals surface area contributed by atoms with E-state index in [1.54, 1.807) is 19.2 Å². The van der Waals surface area contributed by atoms with Crippen LogP contribution in [0, 0.1) is 17.0 Å². The molecule has 41 heavy (non-hydrogen) atoms. The van der Waals surface area contributed by atoms with E-state index in [4.69, 9.17) is 14.7 Å². The largest absolute Gasteiger partial charge is 0.490 e. The molecule has 0 unspecified atom stereocenters. The molecule has 2 aromatic carbocycles. The number of ether oxygens (including phenoxy) is 1. The van der Waals surface area contributed by atoms with Crippen LogP contribution in [0.25, 0.3) is 0 Å². The van der Waals surface area contributed by atoms with Gasteiger partial charge in [0.1, 0.15) is 0 Å². The normalized spacial score (nSPS) is 13.7. The van der Waals surface area contributed by atoms with Gasteiger partial charge in [0.2, 0.25) is 5.75 Å². The van der Waals surface area contributed by atoms with Gasteiger partial charge in [0.05, 0.1) is 22.7 Å². The van der Waals surface area contributed by atoms with Crippen LogP contribution >= 0.6 is 11.8 Å². The topological polar surface area (TPSA) is 168 Å². The van der Waals surface area contributed by atoms with Gasteiger partial charge >= 0.3 is 0 Å². The molecule has 2 aromatic heterocycles. The van der Waals surface area contributed by atoms with Crippen LogP contribution in [0.1, 0.15) is 11.3 Å². The van der Waals surface area contributed by atoms with Crippen LogP contribution in [0.3, 0.4) is 0 Å². The van der Waals surface area contributed by atoms with Crippen molar-refractivity contribution in [3.05, 3.63) is 76.0 Å². The monoisotopic (exact) mass is 596 g/mol. The number of aromatic amines is 1. The number of hydrogen-bond donors (Lipinski definition) is 3. The highest BCUT2D eigenvalue weighted by Gasteiger charge is 2.23. The average Bonchev–Trinajstić information content (AvgIpc) is 3.38. The molecule has 1 aliphatic rings. The molecule has 1 aliphatic heterocycles. The van der Waals surface area contributed by atoms with Crippen molar-refractivity contribution < 1.29 is 18.1 Å². The third-order valence-electron chi connectivity index (χ3n) is 6.30. The number of nitro groups is 1. The molecule has 5 rings (SSSR count). The predicted octanol–water partition coefficient (Wildman–Crippen LogP) is 3.70. The number of non-ortho nitro benzene ring substituents is 1. The summed E-state index contributed by atoms with van der Waals surface area (Å²) in [7, 11) is -2.09. The van der Waals surface area contributed by atoms with Gasteiger partial charge in [-0.2, -0.15) is 5.10 Å². The number of benzene rings is 2. The standard InChI is InChI=1S/C26H28N8O5S2/c1-17-15-22(32-31-17)28-24-23(39-2)25(33-13-11-27-12-14-33)30-26(29-24)40-20-7-9-21(10-8-20)41(37,38)16-18-3-5-19(6-4-18)34(35)36/h3-10,15,27H,11-14,16H2,1-2H3,(H2,28,29,30,31,32). The predicted molar refractivity (Wildman–Crippen MR) is 155 cm³/mol. The maximum Gasteiger partial charge on any atom is 0.269 e. The Bertz CT molecular complexity index is 1640. The Morgan fingerprint density at radius 3 is 2.41 bits per heavy atom. The van der Waals surface area contributed by atoms with Crippen molar-refractivity contribution in [3.8, 4) is 5.75 Å². The quantitative estimate of drug-likeness (QED) is 0.138. The van der Waals surface area contributed by atoms with Crippen LogP contribution in [0.15, 0.2) is 69.5 Å². The van der Waals surface area contributed by atoms with Gasteiger partial charge in [0, 0.05) is 55.0 Å². The van der Waals surface area contributed by atoms with Crippen molar-refractivity contribution in [2.24, 2.45) is 0 Å². The molecule has 0 aliphatic carbocycles. The van der Waals surface area contributed by atoms with Gasteiger partial charge < -0.3 is 20.3 Å². The smallest absolute Gasteiger partial charge is 0.269 e. The van der Waals surface area contributed by atoms with Crippen molar-refractivity contribution in [3.63, 3.8) is 0 Å². The van der Waals surface area contributed by atoms with Crippen LogP contribution < -0.4 is 20.3 Å². The fourth-order valence-electron chi connectivity index (χ4n) is 4.27. The van der Waals surface area contributed by atoms with E-state index in [1.807, 2.05) is 13.0 Å². The van der Waals surface area contributed by atoms with Crippen LogP contribution in [0.4, 0.5) is 23.1 Å². The minimum atomic E-state index is -3.67. The molecule has 0 amide bonds. The van der Waals surface area contributed by atoms with Gasteiger partial charge in [-0.1, -0.05) is 12.1 Å². The Labute approximate surface area is 240 Å². The van der Waals surface area contributed by atoms with Gasteiger partial charge in [-0.3, -0.25) is 15.2 Å². The zero-order valence-electron chi connectivity index (χ0n) is 22.3. The zero-order chi connectivity index (χ0) is 29.0. The lowest BCUT2D eigenvalue weighted by molar-refractivity contribution is -0.384. The van der Waals surface area contributed by atoms with Crippen LogP contribution in [-0.4, -0.2) is 66.8 Å². The highest BCUT2D eigenvalue weighted by atomic mass is 32.2. The minimum absolute atomic E-state index is 0.0915. The molecule has 0 saturated carbocycles. The summed E-state index contributed by atoms with van der Waals surface area (Å²) in [6, 6.07) is 13.8. The van der Waals surface area contributed by atoms with Crippen LogP contribution in [0.2, 0.25) is 0 Å². The van der Waals surface area contributed by atoms with Gasteiger partial charge in [-0.25, -0.2) is 18.4 Å². The first kappa shape index (κ1) is 28.3. The maximum absolute atomic E-state index is 13.0. The van der Waals surface area contributed by atoms with Crippen molar-refractivity contribution in [1.29, 1.82) is 0 Å². The molecule has 4 aromatic rings. The highest BCUT2D eigenvalue weighted by molar-refractivity contribution is 7.99. The summed E-state index contributed by atoms with van der Waals surface area (Å²) in [5.41, 5.74) is 1.26. The number of rotatable bonds is 10. The zero-order valence-corrected chi connectivity index (χ0v) is 24.0. The molecule has 13 nitrogen and oxygen atoms in total. The Balaban J connectivity index is 1.39. The number of anilines is 3. The molecule has 1 saturated heterocycles. The summed E-state index contributed by atoms with van der Waals surface area (Å²) in [6.45, 7) is 5.03. The number of piperazine rings is 1. The van der Waals surface area contributed by atoms with E-state index in [2.05, 4.69) is 25.7 Å². The molecule has 3 N–H and O–H groups in total. The first-order valence-electron chi connectivity index (χ1n) is 12.7. The molecular weight excluding hydrogens is 568 g/mol.